The van der Waals surface area contributed by atoms with Crippen LogP contribution < -0.4 is 4.72 Å². The maximum absolute atomic E-state index is 11.1. The van der Waals surface area contributed by atoms with Crippen molar-refractivity contribution in [1.82, 2.24) is 4.72 Å². The predicted molar refractivity (Wildman–Crippen MR) is 48.3 cm³/mol. The van der Waals surface area contributed by atoms with Crippen LogP contribution >= 0.6 is 27.3 Å². The zero-order chi connectivity index (χ0) is 8.48. The van der Waals surface area contributed by atoms with Gasteiger partial charge in [-0.2, -0.15) is 0 Å². The van der Waals surface area contributed by atoms with Gasteiger partial charge in [0.05, 0.1) is 8.68 Å². The summed E-state index contributed by atoms with van der Waals surface area (Å²) in [6, 6.07) is 1.57. The van der Waals surface area contributed by atoms with Crippen molar-refractivity contribution < 1.29 is 8.42 Å². The number of sulfonamides is 1. The maximum atomic E-state index is 11.1. The molecule has 1 heterocycles. The Morgan fingerprint density at radius 2 is 2.27 bits per heavy atom. The summed E-state index contributed by atoms with van der Waals surface area (Å²) in [5, 5.41) is 1.58. The fraction of sp³-hybridized carbons (Fsp3) is 0.200. The molecule has 1 aromatic heterocycles. The highest BCUT2D eigenvalue weighted by molar-refractivity contribution is 9.11. The molecule has 62 valence electrons. The summed E-state index contributed by atoms with van der Waals surface area (Å²) in [6.07, 6.45) is 0. The average molecular weight is 256 g/mol. The largest absolute Gasteiger partial charge is 0.241 e. The lowest BCUT2D eigenvalue weighted by atomic mass is 10.7. The molecule has 1 rings (SSSR count). The zero-order valence-corrected chi connectivity index (χ0v) is 8.88. The molecule has 0 saturated heterocycles. The molecule has 0 bridgehead atoms. The topological polar surface area (TPSA) is 46.2 Å². The van der Waals surface area contributed by atoms with Crippen molar-refractivity contribution in [1.29, 1.82) is 0 Å². The molecule has 0 saturated carbocycles. The first-order valence-electron chi connectivity index (χ1n) is 2.74. The molecule has 0 atom stereocenters. The van der Waals surface area contributed by atoms with Crippen LogP contribution in [0.5, 0.6) is 0 Å². The van der Waals surface area contributed by atoms with E-state index in [2.05, 4.69) is 20.7 Å². The Morgan fingerprint density at radius 3 is 2.64 bits per heavy atom. The van der Waals surface area contributed by atoms with Crippen LogP contribution in [-0.4, -0.2) is 15.5 Å². The highest BCUT2D eigenvalue weighted by Gasteiger charge is 2.12. The third-order valence-corrected chi connectivity index (χ3v) is 4.17. The Bertz CT molecular complexity index is 343. The first kappa shape index (κ1) is 9.18. The molecule has 0 aliphatic heterocycles. The average Bonchev–Trinajstić information content (AvgIpc) is 2.36. The summed E-state index contributed by atoms with van der Waals surface area (Å²) in [7, 11) is -1.86. The van der Waals surface area contributed by atoms with E-state index in [0.717, 1.165) is 3.79 Å². The molecule has 6 heteroatoms. The smallest absolute Gasteiger partial charge is 0.214 e. The SMILES string of the molecule is CNS(=O)(=O)c1csc(Br)c1. The molecule has 0 amide bonds. The van der Waals surface area contributed by atoms with Gasteiger partial charge in [-0.05, 0) is 29.0 Å². The van der Waals surface area contributed by atoms with Crippen LogP contribution in [-0.2, 0) is 10.0 Å². The Hall–Kier alpha value is 0.0900. The van der Waals surface area contributed by atoms with Gasteiger partial charge in [0.15, 0.2) is 0 Å². The molecule has 0 spiro atoms. The van der Waals surface area contributed by atoms with E-state index in [1.807, 2.05) is 0 Å². The number of thiophene rings is 1. The Kier molecular flexibility index (Phi) is 2.69. The van der Waals surface area contributed by atoms with Crippen molar-refractivity contribution >= 4 is 37.3 Å². The predicted octanol–water partition coefficient (Wildman–Crippen LogP) is 1.42. The van der Waals surface area contributed by atoms with E-state index in [1.54, 1.807) is 11.4 Å². The van der Waals surface area contributed by atoms with Crippen LogP contribution in [0.2, 0.25) is 0 Å². The minimum Gasteiger partial charge on any atom is -0.214 e. The van der Waals surface area contributed by atoms with Crippen LogP contribution in [0.15, 0.2) is 20.1 Å². The first-order chi connectivity index (χ1) is 5.06. The second-order valence-corrected chi connectivity index (χ2v) is 5.97. The van der Waals surface area contributed by atoms with E-state index in [-0.39, 0.29) is 0 Å². The van der Waals surface area contributed by atoms with E-state index in [1.165, 1.54) is 18.4 Å². The molecule has 0 aromatic carbocycles. The maximum Gasteiger partial charge on any atom is 0.241 e. The fourth-order valence-corrected chi connectivity index (χ4v) is 2.96. The summed E-state index contributed by atoms with van der Waals surface area (Å²) in [6.45, 7) is 0. The number of hydrogen-bond donors (Lipinski definition) is 1. The molecule has 0 radical (unpaired) electrons. The van der Waals surface area contributed by atoms with E-state index >= 15 is 0 Å². The van der Waals surface area contributed by atoms with E-state index < -0.39 is 10.0 Å². The van der Waals surface area contributed by atoms with Crippen molar-refractivity contribution in [2.75, 3.05) is 7.05 Å². The minimum absolute atomic E-state index is 0.303. The summed E-state index contributed by atoms with van der Waals surface area (Å²) in [5.41, 5.74) is 0. The molecule has 1 N–H and O–H groups in total. The van der Waals surface area contributed by atoms with Gasteiger partial charge in [-0.1, -0.05) is 0 Å². The molecule has 0 unspecified atom stereocenters. The van der Waals surface area contributed by atoms with Gasteiger partial charge in [-0.25, -0.2) is 13.1 Å². The summed E-state index contributed by atoms with van der Waals surface area (Å²) < 4.78 is 25.2. The third-order valence-electron chi connectivity index (χ3n) is 1.12. The van der Waals surface area contributed by atoms with Gasteiger partial charge in [-0.3, -0.25) is 0 Å². The molecule has 0 aliphatic rings. The lowest BCUT2D eigenvalue weighted by Gasteiger charge is -1.95. The number of hydrogen-bond acceptors (Lipinski definition) is 3. The summed E-state index contributed by atoms with van der Waals surface area (Å²) in [5.74, 6) is 0. The van der Waals surface area contributed by atoms with Crippen LogP contribution in [0.25, 0.3) is 0 Å². The fourth-order valence-electron chi connectivity index (χ4n) is 0.553. The Labute approximate surface area is 77.6 Å². The summed E-state index contributed by atoms with van der Waals surface area (Å²) in [4.78, 5) is 0.303. The first-order valence-corrected chi connectivity index (χ1v) is 5.89. The van der Waals surface area contributed by atoms with Gasteiger partial charge in [0.1, 0.15) is 0 Å². The normalized spacial score (nSPS) is 11.8. The quantitative estimate of drug-likeness (QED) is 0.869. The Balaban J connectivity index is 3.13. The Morgan fingerprint density at radius 1 is 1.64 bits per heavy atom. The van der Waals surface area contributed by atoms with Crippen molar-refractivity contribution in [3.05, 3.63) is 15.2 Å². The summed E-state index contributed by atoms with van der Waals surface area (Å²) >= 11 is 4.52. The minimum atomic E-state index is -3.25. The number of halogens is 1. The van der Waals surface area contributed by atoms with Crippen LogP contribution in [0, 0.1) is 0 Å². The molecule has 1 aromatic rings. The van der Waals surface area contributed by atoms with Gasteiger partial charge < -0.3 is 0 Å². The lowest BCUT2D eigenvalue weighted by Crippen LogP contribution is -2.17. The van der Waals surface area contributed by atoms with Crippen molar-refractivity contribution in [2.24, 2.45) is 0 Å². The van der Waals surface area contributed by atoms with E-state index in [9.17, 15) is 8.42 Å². The van der Waals surface area contributed by atoms with Crippen LogP contribution in [0.3, 0.4) is 0 Å². The van der Waals surface area contributed by atoms with Crippen LogP contribution in [0.1, 0.15) is 0 Å². The zero-order valence-electron chi connectivity index (χ0n) is 5.67. The number of nitrogens with one attached hydrogen (secondary N) is 1. The second kappa shape index (κ2) is 3.22. The molecule has 0 fully saturated rings. The van der Waals surface area contributed by atoms with Gasteiger partial charge in [0.25, 0.3) is 0 Å². The molecular formula is C5H6BrNO2S2. The van der Waals surface area contributed by atoms with Gasteiger partial charge >= 0.3 is 0 Å². The number of rotatable bonds is 2. The van der Waals surface area contributed by atoms with Crippen LogP contribution in [0.4, 0.5) is 0 Å². The standard InChI is InChI=1S/C5H6BrNO2S2/c1-7-11(8,9)4-2-5(6)10-3-4/h2-3,7H,1H3. The molecule has 3 nitrogen and oxygen atoms in total. The van der Waals surface area contributed by atoms with E-state index in [4.69, 9.17) is 0 Å². The third kappa shape index (κ3) is 2.02. The van der Waals surface area contributed by atoms with Crippen molar-refractivity contribution in [3.63, 3.8) is 0 Å². The van der Waals surface area contributed by atoms with Gasteiger partial charge in [0, 0.05) is 5.38 Å². The monoisotopic (exact) mass is 255 g/mol. The lowest BCUT2D eigenvalue weighted by molar-refractivity contribution is 0.588. The van der Waals surface area contributed by atoms with Crippen molar-refractivity contribution in [2.45, 2.75) is 4.90 Å². The molecular weight excluding hydrogens is 250 g/mol. The van der Waals surface area contributed by atoms with Crippen molar-refractivity contribution in [3.8, 4) is 0 Å². The molecule has 11 heavy (non-hydrogen) atoms. The van der Waals surface area contributed by atoms with Gasteiger partial charge in [0.2, 0.25) is 10.0 Å². The second-order valence-electron chi connectivity index (χ2n) is 1.79. The molecule has 0 aliphatic carbocycles. The van der Waals surface area contributed by atoms with Gasteiger partial charge in [-0.15, -0.1) is 11.3 Å². The highest BCUT2D eigenvalue weighted by atomic mass is 79.9. The highest BCUT2D eigenvalue weighted by Crippen LogP contribution is 2.23. The van der Waals surface area contributed by atoms with E-state index in [0.29, 0.717) is 4.90 Å².